The molecule has 1 aromatic rings. The van der Waals surface area contributed by atoms with Gasteiger partial charge in [-0.05, 0) is 23.5 Å². The van der Waals surface area contributed by atoms with Crippen LogP contribution in [-0.4, -0.2) is 8.07 Å². The van der Waals surface area contributed by atoms with Crippen molar-refractivity contribution in [3.63, 3.8) is 0 Å². The van der Waals surface area contributed by atoms with Gasteiger partial charge in [0.2, 0.25) is 0 Å². The van der Waals surface area contributed by atoms with Crippen molar-refractivity contribution in [3.8, 4) is 0 Å². The maximum atomic E-state index is 2.55. The van der Waals surface area contributed by atoms with E-state index in [0.717, 1.165) is 0 Å². The van der Waals surface area contributed by atoms with E-state index in [4.69, 9.17) is 0 Å². The number of hydrogen-bond donors (Lipinski definition) is 0. The fraction of sp³-hybridized carbons (Fsp3) is 0.444. The molecule has 3 unspecified atom stereocenters. The molecule has 0 radical (unpaired) electrons. The second kappa shape index (κ2) is 5.92. The molecular weight excluding hydrogens is 244 g/mol. The Balaban J connectivity index is 2.30. The highest BCUT2D eigenvalue weighted by atomic mass is 28.3. The van der Waals surface area contributed by atoms with E-state index in [1.54, 1.807) is 10.8 Å². The molecule has 0 saturated heterocycles. The number of hydrogen-bond acceptors (Lipinski definition) is 0. The first kappa shape index (κ1) is 14.3. The summed E-state index contributed by atoms with van der Waals surface area (Å²) in [4.78, 5) is 0. The van der Waals surface area contributed by atoms with E-state index in [2.05, 4.69) is 75.9 Å². The van der Waals surface area contributed by atoms with Crippen LogP contribution in [-0.2, 0) is 0 Å². The normalized spacial score (nSPS) is 22.9. The zero-order valence-corrected chi connectivity index (χ0v) is 13.7. The molecule has 0 heterocycles. The molecule has 2 rings (SSSR count). The first-order chi connectivity index (χ1) is 9.11. The average Bonchev–Trinajstić information content (AvgIpc) is 2.97. The first-order valence-electron chi connectivity index (χ1n) is 7.57. The Labute approximate surface area is 119 Å². The van der Waals surface area contributed by atoms with Crippen molar-refractivity contribution < 1.29 is 0 Å². The van der Waals surface area contributed by atoms with Crippen LogP contribution in [0.15, 0.2) is 54.1 Å². The van der Waals surface area contributed by atoms with Crippen LogP contribution in [0.4, 0.5) is 0 Å². The third-order valence-corrected chi connectivity index (χ3v) is 9.90. The third kappa shape index (κ3) is 2.76. The lowest BCUT2D eigenvalue weighted by Crippen LogP contribution is -2.47. The standard InChI is InChI=1S/C18H26Si/c1-5-15(3)16-12-13-18(14-16)19(4,6-2)17-10-8-7-9-11-17/h7-15,18H,5-6H2,1-4H3. The summed E-state index contributed by atoms with van der Waals surface area (Å²) in [6, 6.07) is 12.5. The highest BCUT2D eigenvalue weighted by Gasteiger charge is 2.35. The number of benzene rings is 1. The molecule has 1 aliphatic carbocycles. The minimum Gasteiger partial charge on any atom is -0.0797 e. The van der Waals surface area contributed by atoms with Gasteiger partial charge >= 0.3 is 0 Å². The van der Waals surface area contributed by atoms with Crippen LogP contribution < -0.4 is 5.19 Å². The number of rotatable bonds is 5. The molecule has 0 nitrogen and oxygen atoms in total. The smallest absolute Gasteiger partial charge is 0.0797 e. The van der Waals surface area contributed by atoms with Crippen LogP contribution in [0.2, 0.25) is 18.1 Å². The third-order valence-electron chi connectivity index (χ3n) is 4.95. The summed E-state index contributed by atoms with van der Waals surface area (Å²) in [5, 5.41) is 1.59. The van der Waals surface area contributed by atoms with Crippen LogP contribution in [0, 0.1) is 5.92 Å². The summed E-state index contributed by atoms with van der Waals surface area (Å²) in [5.74, 6) is 0.701. The molecule has 1 aromatic carbocycles. The minimum absolute atomic E-state index is 0.670. The molecule has 0 aromatic heterocycles. The van der Waals surface area contributed by atoms with Gasteiger partial charge in [-0.3, -0.25) is 0 Å². The summed E-state index contributed by atoms with van der Waals surface area (Å²) >= 11 is 0. The van der Waals surface area contributed by atoms with Crippen molar-refractivity contribution in [2.24, 2.45) is 5.92 Å². The molecule has 19 heavy (non-hydrogen) atoms. The van der Waals surface area contributed by atoms with Gasteiger partial charge in [0.05, 0.1) is 8.07 Å². The molecular formula is C18H26Si. The predicted octanol–water partition coefficient (Wildman–Crippen LogP) is 4.90. The highest BCUT2D eigenvalue weighted by Crippen LogP contribution is 2.36. The average molecular weight is 270 g/mol. The summed E-state index contributed by atoms with van der Waals surface area (Å²) in [5.41, 5.74) is 2.22. The molecule has 1 heteroatoms. The van der Waals surface area contributed by atoms with Gasteiger partial charge in [0.15, 0.2) is 0 Å². The van der Waals surface area contributed by atoms with Gasteiger partial charge in [-0.15, -0.1) is 0 Å². The van der Waals surface area contributed by atoms with Crippen molar-refractivity contribution in [2.75, 3.05) is 0 Å². The van der Waals surface area contributed by atoms with Gasteiger partial charge in [0.25, 0.3) is 0 Å². The summed E-state index contributed by atoms with van der Waals surface area (Å²) in [6.07, 6.45) is 8.63. The molecule has 0 bridgehead atoms. The lowest BCUT2D eigenvalue weighted by atomic mass is 10.0. The zero-order chi connectivity index (χ0) is 13.9. The Morgan fingerprint density at radius 3 is 2.42 bits per heavy atom. The molecule has 0 fully saturated rings. The lowest BCUT2D eigenvalue weighted by Gasteiger charge is -2.31. The van der Waals surface area contributed by atoms with E-state index in [-0.39, 0.29) is 0 Å². The molecule has 0 aliphatic heterocycles. The van der Waals surface area contributed by atoms with Gasteiger partial charge in [-0.1, -0.05) is 87.1 Å². The van der Waals surface area contributed by atoms with E-state index in [1.807, 2.05) is 0 Å². The van der Waals surface area contributed by atoms with E-state index in [1.165, 1.54) is 12.5 Å². The monoisotopic (exact) mass is 270 g/mol. The van der Waals surface area contributed by atoms with Crippen molar-refractivity contribution in [3.05, 3.63) is 54.1 Å². The van der Waals surface area contributed by atoms with Crippen molar-refractivity contribution in [1.29, 1.82) is 0 Å². The fourth-order valence-corrected chi connectivity index (χ4v) is 6.24. The number of allylic oxidation sites excluding steroid dienone is 4. The van der Waals surface area contributed by atoms with Gasteiger partial charge in [-0.25, -0.2) is 0 Å². The van der Waals surface area contributed by atoms with Crippen molar-refractivity contribution in [1.82, 2.24) is 0 Å². The lowest BCUT2D eigenvalue weighted by molar-refractivity contribution is 0.671. The topological polar surface area (TPSA) is 0 Å². The maximum absolute atomic E-state index is 2.55. The SMILES string of the molecule is CCC(C)C1=CC([Si](C)(CC)c2ccccc2)C=C1. The van der Waals surface area contributed by atoms with Crippen LogP contribution in [0.25, 0.3) is 0 Å². The molecule has 0 spiro atoms. The largest absolute Gasteiger partial charge is 0.0939 e. The summed E-state index contributed by atoms with van der Waals surface area (Å²) in [6.45, 7) is 9.52. The Morgan fingerprint density at radius 2 is 1.84 bits per heavy atom. The van der Waals surface area contributed by atoms with Gasteiger partial charge in [-0.2, -0.15) is 0 Å². The van der Waals surface area contributed by atoms with E-state index >= 15 is 0 Å². The quantitative estimate of drug-likeness (QED) is 0.667. The van der Waals surface area contributed by atoms with Crippen molar-refractivity contribution in [2.45, 2.75) is 45.3 Å². The van der Waals surface area contributed by atoms with Crippen LogP contribution in [0.1, 0.15) is 27.2 Å². The molecule has 0 N–H and O–H groups in total. The Hall–Kier alpha value is -1.08. The Morgan fingerprint density at radius 1 is 1.16 bits per heavy atom. The Bertz CT molecular complexity index is 472. The van der Waals surface area contributed by atoms with Crippen LogP contribution in [0.5, 0.6) is 0 Å². The van der Waals surface area contributed by atoms with E-state index in [0.29, 0.717) is 11.5 Å². The van der Waals surface area contributed by atoms with Crippen LogP contribution in [0.3, 0.4) is 0 Å². The fourth-order valence-electron chi connectivity index (χ4n) is 2.94. The van der Waals surface area contributed by atoms with Gasteiger partial charge in [0, 0.05) is 0 Å². The molecule has 0 amide bonds. The molecule has 0 saturated carbocycles. The summed E-state index contributed by atoms with van der Waals surface area (Å²) in [7, 11) is -1.43. The molecule has 3 atom stereocenters. The van der Waals surface area contributed by atoms with Crippen molar-refractivity contribution >= 4 is 13.3 Å². The van der Waals surface area contributed by atoms with Gasteiger partial charge < -0.3 is 0 Å². The Kier molecular flexibility index (Phi) is 4.46. The maximum Gasteiger partial charge on any atom is 0.0939 e. The second-order valence-corrected chi connectivity index (χ2v) is 10.8. The second-order valence-electron chi connectivity index (χ2n) is 6.00. The van der Waals surface area contributed by atoms with Gasteiger partial charge in [0.1, 0.15) is 0 Å². The predicted molar refractivity (Wildman–Crippen MR) is 88.6 cm³/mol. The van der Waals surface area contributed by atoms with E-state index < -0.39 is 8.07 Å². The highest BCUT2D eigenvalue weighted by molar-refractivity contribution is 6.92. The first-order valence-corrected chi connectivity index (χ1v) is 10.4. The minimum atomic E-state index is -1.43. The zero-order valence-electron chi connectivity index (χ0n) is 12.7. The van der Waals surface area contributed by atoms with Crippen LogP contribution >= 0.6 is 0 Å². The molecule has 1 aliphatic rings. The summed E-state index contributed by atoms with van der Waals surface area (Å²) < 4.78 is 0. The van der Waals surface area contributed by atoms with E-state index in [9.17, 15) is 0 Å². The molecule has 102 valence electrons.